The first-order valence-corrected chi connectivity index (χ1v) is 7.61. The summed E-state index contributed by atoms with van der Waals surface area (Å²) in [5.41, 5.74) is -0.576. The predicted octanol–water partition coefficient (Wildman–Crippen LogP) is 2.47. The zero-order chi connectivity index (χ0) is 19.2. The van der Waals surface area contributed by atoms with Gasteiger partial charge in [0, 0.05) is 18.2 Å². The fraction of sp³-hybridized carbons (Fsp3) is 0.167. The van der Waals surface area contributed by atoms with Crippen molar-refractivity contribution in [3.63, 3.8) is 0 Å². The molecule has 5 N–H and O–H groups in total. The Morgan fingerprint density at radius 2 is 1.59 bits per heavy atom. The van der Waals surface area contributed by atoms with Gasteiger partial charge in [-0.1, -0.05) is 0 Å². The molecule has 1 aromatic heterocycles. The van der Waals surface area contributed by atoms with Gasteiger partial charge in [0.1, 0.15) is 16.9 Å². The number of nitrogens with zero attached hydrogens (tertiary/aromatic N) is 1. The Hall–Kier alpha value is -3.10. The molecule has 27 heavy (non-hydrogen) atoms. The highest BCUT2D eigenvalue weighted by molar-refractivity contribution is 5.91. The molecule has 0 aliphatic rings. The summed E-state index contributed by atoms with van der Waals surface area (Å²) in [4.78, 5) is 14.3. The van der Waals surface area contributed by atoms with Crippen molar-refractivity contribution in [2.45, 2.75) is 6.54 Å². The van der Waals surface area contributed by atoms with Gasteiger partial charge in [0.05, 0.1) is 5.56 Å². The summed E-state index contributed by atoms with van der Waals surface area (Å²) >= 11 is 0. The van der Waals surface area contributed by atoms with Gasteiger partial charge in [0.25, 0.3) is 0 Å². The number of rotatable bonds is 3. The monoisotopic (exact) mass is 395 g/mol. The molecule has 0 bridgehead atoms. The van der Waals surface area contributed by atoms with E-state index in [9.17, 15) is 30.3 Å². The van der Waals surface area contributed by atoms with Gasteiger partial charge in [-0.05, 0) is 32.3 Å². The van der Waals surface area contributed by atoms with Crippen LogP contribution in [0.3, 0.4) is 0 Å². The van der Waals surface area contributed by atoms with Crippen LogP contribution in [0.5, 0.6) is 28.7 Å². The summed E-state index contributed by atoms with van der Waals surface area (Å²) < 4.78 is 5.66. The van der Waals surface area contributed by atoms with Gasteiger partial charge in [-0.3, -0.25) is 4.79 Å². The molecule has 0 aliphatic heterocycles. The summed E-state index contributed by atoms with van der Waals surface area (Å²) in [7, 11) is 3.49. The molecular formula is C18H18ClNO7. The highest BCUT2D eigenvalue weighted by Gasteiger charge is 2.23. The van der Waals surface area contributed by atoms with Gasteiger partial charge in [0.2, 0.25) is 11.2 Å². The minimum Gasteiger partial charge on any atom is -0.507 e. The van der Waals surface area contributed by atoms with E-state index in [1.54, 1.807) is 19.0 Å². The van der Waals surface area contributed by atoms with Crippen molar-refractivity contribution in [2.75, 3.05) is 14.1 Å². The van der Waals surface area contributed by atoms with Crippen molar-refractivity contribution >= 4 is 23.4 Å². The first-order valence-electron chi connectivity index (χ1n) is 7.61. The summed E-state index contributed by atoms with van der Waals surface area (Å²) in [6.07, 6.45) is 0. The van der Waals surface area contributed by atoms with Crippen molar-refractivity contribution in [1.29, 1.82) is 0 Å². The molecule has 0 radical (unpaired) electrons. The third kappa shape index (κ3) is 3.44. The number of benzene rings is 2. The lowest BCUT2D eigenvalue weighted by molar-refractivity contribution is 0.381. The topological polar surface area (TPSA) is 135 Å². The Morgan fingerprint density at radius 3 is 2.19 bits per heavy atom. The van der Waals surface area contributed by atoms with Gasteiger partial charge in [-0.15, -0.1) is 12.4 Å². The maximum absolute atomic E-state index is 12.6. The highest BCUT2D eigenvalue weighted by atomic mass is 35.5. The van der Waals surface area contributed by atoms with Crippen LogP contribution in [0.1, 0.15) is 5.56 Å². The average Bonchev–Trinajstić information content (AvgIpc) is 2.56. The maximum atomic E-state index is 12.6. The van der Waals surface area contributed by atoms with E-state index in [1.165, 1.54) is 12.1 Å². The molecule has 8 nitrogen and oxygen atoms in total. The molecule has 0 fully saturated rings. The van der Waals surface area contributed by atoms with E-state index >= 15 is 0 Å². The standard InChI is InChI=1S/C18H17NO7.ClH/c1-19(2)7-9-11(21)6-13(23)14-15(24)16(25)17(26-18(9)14)8-3-4-10(20)12(22)5-8;/h3-6,20-23,25H,7H2,1-2H3;1H. The van der Waals surface area contributed by atoms with E-state index < -0.39 is 22.7 Å². The van der Waals surface area contributed by atoms with Crippen LogP contribution in [0.25, 0.3) is 22.3 Å². The molecule has 3 aromatic rings. The maximum Gasteiger partial charge on any atom is 0.238 e. The third-order valence-electron chi connectivity index (χ3n) is 3.91. The van der Waals surface area contributed by atoms with Gasteiger partial charge in [0.15, 0.2) is 22.8 Å². The van der Waals surface area contributed by atoms with Gasteiger partial charge < -0.3 is 34.8 Å². The first-order chi connectivity index (χ1) is 12.2. The number of halogens is 1. The van der Waals surface area contributed by atoms with Gasteiger partial charge in [-0.25, -0.2) is 0 Å². The molecule has 0 unspecified atom stereocenters. The quantitative estimate of drug-likeness (QED) is 0.427. The fourth-order valence-corrected chi connectivity index (χ4v) is 2.71. The van der Waals surface area contributed by atoms with Gasteiger partial charge in [-0.2, -0.15) is 0 Å². The molecule has 0 amide bonds. The van der Waals surface area contributed by atoms with Crippen molar-refractivity contribution in [1.82, 2.24) is 4.90 Å². The molecular weight excluding hydrogens is 378 g/mol. The van der Waals surface area contributed by atoms with E-state index in [2.05, 4.69) is 0 Å². The Labute approximate surface area is 159 Å². The minimum absolute atomic E-state index is 0. The predicted molar refractivity (Wildman–Crippen MR) is 101 cm³/mol. The van der Waals surface area contributed by atoms with Crippen LogP contribution < -0.4 is 5.43 Å². The third-order valence-corrected chi connectivity index (χ3v) is 3.91. The van der Waals surface area contributed by atoms with Crippen molar-refractivity contribution < 1.29 is 29.9 Å². The Balaban J connectivity index is 0.00000261. The molecule has 1 heterocycles. The lowest BCUT2D eigenvalue weighted by atomic mass is 10.0. The summed E-state index contributed by atoms with van der Waals surface area (Å²) in [6.45, 7) is 0.205. The largest absolute Gasteiger partial charge is 0.507 e. The van der Waals surface area contributed by atoms with Crippen LogP contribution in [0, 0.1) is 0 Å². The number of aromatic hydroxyl groups is 5. The summed E-state index contributed by atoms with van der Waals surface area (Å²) in [6, 6.07) is 4.65. The minimum atomic E-state index is -0.883. The van der Waals surface area contributed by atoms with Crippen LogP contribution in [0.4, 0.5) is 0 Å². The Kier molecular flexibility index (Phi) is 5.43. The van der Waals surface area contributed by atoms with Crippen LogP contribution in [0.15, 0.2) is 33.5 Å². The number of hydrogen-bond donors (Lipinski definition) is 5. The molecule has 144 valence electrons. The molecule has 0 saturated heterocycles. The van der Waals surface area contributed by atoms with Crippen molar-refractivity contribution in [2.24, 2.45) is 0 Å². The van der Waals surface area contributed by atoms with Crippen molar-refractivity contribution in [3.8, 4) is 40.1 Å². The number of fused-ring (bicyclic) bond motifs is 1. The Morgan fingerprint density at radius 1 is 0.926 bits per heavy atom. The SMILES string of the molecule is CN(C)Cc1c(O)cc(O)c2c(=O)c(O)c(-c3ccc(O)c(O)c3)oc12.Cl. The second-order valence-electron chi connectivity index (χ2n) is 6.15. The smallest absolute Gasteiger partial charge is 0.238 e. The highest BCUT2D eigenvalue weighted by Crippen LogP contribution is 2.40. The molecule has 0 atom stereocenters. The van der Waals surface area contributed by atoms with Crippen LogP contribution in [-0.2, 0) is 6.54 Å². The second kappa shape index (κ2) is 7.26. The lowest BCUT2D eigenvalue weighted by Gasteiger charge is -2.15. The Bertz CT molecular complexity index is 1080. The van der Waals surface area contributed by atoms with E-state index in [1.807, 2.05) is 0 Å². The molecule has 0 saturated carbocycles. The van der Waals surface area contributed by atoms with E-state index in [0.717, 1.165) is 12.1 Å². The average molecular weight is 396 g/mol. The van der Waals surface area contributed by atoms with Crippen molar-refractivity contribution in [3.05, 3.63) is 40.1 Å². The zero-order valence-corrected chi connectivity index (χ0v) is 15.2. The fourth-order valence-electron chi connectivity index (χ4n) is 2.71. The molecule has 9 heteroatoms. The zero-order valence-electron chi connectivity index (χ0n) is 14.4. The first kappa shape index (κ1) is 20.2. The summed E-state index contributed by atoms with van der Waals surface area (Å²) in [5, 5.41) is 49.3. The van der Waals surface area contributed by atoms with Crippen LogP contribution in [0.2, 0.25) is 0 Å². The molecule has 3 rings (SSSR count). The van der Waals surface area contributed by atoms with Crippen LogP contribution in [-0.4, -0.2) is 44.5 Å². The number of phenolic OH excluding ortho intramolecular Hbond substituents is 4. The van der Waals surface area contributed by atoms with E-state index in [0.29, 0.717) is 0 Å². The summed E-state index contributed by atoms with van der Waals surface area (Å²) in [5.74, 6) is -2.65. The van der Waals surface area contributed by atoms with E-state index in [-0.39, 0.29) is 58.3 Å². The molecule has 2 aromatic carbocycles. The number of phenols is 4. The number of hydrogen-bond acceptors (Lipinski definition) is 8. The molecule has 0 spiro atoms. The van der Waals surface area contributed by atoms with Crippen LogP contribution >= 0.6 is 12.4 Å². The second-order valence-corrected chi connectivity index (χ2v) is 6.15. The molecule has 0 aliphatic carbocycles. The van der Waals surface area contributed by atoms with E-state index in [4.69, 9.17) is 4.42 Å². The normalized spacial score (nSPS) is 10.9. The van der Waals surface area contributed by atoms with Gasteiger partial charge >= 0.3 is 0 Å². The lowest BCUT2D eigenvalue weighted by Crippen LogP contribution is -2.12.